The van der Waals surface area contributed by atoms with E-state index in [2.05, 4.69) is 25.7 Å². The third-order valence-electron chi connectivity index (χ3n) is 2.74. The molecule has 0 aromatic carbocycles. The molecule has 1 atom stereocenters. The van der Waals surface area contributed by atoms with Gasteiger partial charge in [0.25, 0.3) is 0 Å². The summed E-state index contributed by atoms with van der Waals surface area (Å²) in [5.74, 6) is 0.815. The highest BCUT2D eigenvalue weighted by Gasteiger charge is 2.28. The second-order valence-corrected chi connectivity index (χ2v) is 5.56. The normalized spacial score (nSPS) is 14.4. The molecule has 0 saturated carbocycles. The van der Waals surface area contributed by atoms with Crippen molar-refractivity contribution < 1.29 is 9.52 Å². The number of hydrogen-bond donors (Lipinski definition) is 1. The Labute approximate surface area is 102 Å². The second kappa shape index (κ2) is 5.21. The molecule has 0 saturated heterocycles. The van der Waals surface area contributed by atoms with E-state index in [1.807, 2.05) is 13.1 Å². The van der Waals surface area contributed by atoms with Gasteiger partial charge in [0.05, 0.1) is 13.2 Å². The maximum atomic E-state index is 9.42. The van der Waals surface area contributed by atoms with Crippen molar-refractivity contribution in [3.05, 3.63) is 23.1 Å². The minimum absolute atomic E-state index is 0.0277. The molecule has 0 aliphatic heterocycles. The van der Waals surface area contributed by atoms with E-state index in [1.165, 1.54) is 0 Å². The summed E-state index contributed by atoms with van der Waals surface area (Å²) in [6.07, 6.45) is 0. The largest absolute Gasteiger partial charge is 0.448 e. The SMILES string of the molecule is CN(Cc1ccc(Cl)o1)C(CO)C(C)(C)C. The number of rotatable bonds is 4. The molecule has 92 valence electrons. The Kier molecular flexibility index (Phi) is 4.42. The third-order valence-corrected chi connectivity index (χ3v) is 2.94. The van der Waals surface area contributed by atoms with Crippen molar-refractivity contribution in [2.75, 3.05) is 13.7 Å². The van der Waals surface area contributed by atoms with Gasteiger partial charge in [-0.3, -0.25) is 4.90 Å². The highest BCUT2D eigenvalue weighted by atomic mass is 35.5. The first-order chi connectivity index (χ1) is 7.34. The fourth-order valence-corrected chi connectivity index (χ4v) is 2.03. The van der Waals surface area contributed by atoms with Crippen molar-refractivity contribution in [1.29, 1.82) is 0 Å². The minimum atomic E-state index is 0.0277. The van der Waals surface area contributed by atoms with Crippen LogP contribution in [-0.4, -0.2) is 29.7 Å². The molecule has 16 heavy (non-hydrogen) atoms. The van der Waals surface area contributed by atoms with Gasteiger partial charge in [-0.05, 0) is 36.2 Å². The summed E-state index contributed by atoms with van der Waals surface area (Å²) in [6, 6.07) is 3.68. The first-order valence-electron chi connectivity index (χ1n) is 5.40. The molecule has 4 heteroatoms. The molecule has 0 aliphatic carbocycles. The molecular formula is C12H20ClNO2. The van der Waals surface area contributed by atoms with E-state index < -0.39 is 0 Å². The lowest BCUT2D eigenvalue weighted by Gasteiger charge is -2.36. The van der Waals surface area contributed by atoms with Gasteiger partial charge in [0.2, 0.25) is 0 Å². The standard InChI is InChI=1S/C12H20ClNO2/c1-12(2,3)10(8-15)14(4)7-9-5-6-11(13)16-9/h5-6,10,15H,7-8H2,1-4H3. The topological polar surface area (TPSA) is 36.6 Å². The Morgan fingerprint density at radius 2 is 2.06 bits per heavy atom. The zero-order valence-corrected chi connectivity index (χ0v) is 11.1. The van der Waals surface area contributed by atoms with E-state index in [0.717, 1.165) is 5.76 Å². The van der Waals surface area contributed by atoms with Gasteiger partial charge < -0.3 is 9.52 Å². The first-order valence-corrected chi connectivity index (χ1v) is 5.77. The van der Waals surface area contributed by atoms with Crippen LogP contribution in [0.4, 0.5) is 0 Å². The van der Waals surface area contributed by atoms with Crippen LogP contribution in [0.3, 0.4) is 0 Å². The van der Waals surface area contributed by atoms with Crippen LogP contribution >= 0.6 is 11.6 Å². The van der Waals surface area contributed by atoms with Crippen molar-refractivity contribution in [2.24, 2.45) is 5.41 Å². The molecule has 0 aliphatic rings. The first kappa shape index (κ1) is 13.6. The fourth-order valence-electron chi connectivity index (χ4n) is 1.87. The smallest absolute Gasteiger partial charge is 0.193 e. The molecule has 0 spiro atoms. The lowest BCUT2D eigenvalue weighted by atomic mass is 9.86. The number of halogens is 1. The predicted molar refractivity (Wildman–Crippen MR) is 65.5 cm³/mol. The maximum Gasteiger partial charge on any atom is 0.193 e. The minimum Gasteiger partial charge on any atom is -0.448 e. The summed E-state index contributed by atoms with van der Waals surface area (Å²) < 4.78 is 5.30. The van der Waals surface area contributed by atoms with E-state index in [9.17, 15) is 5.11 Å². The average Bonchev–Trinajstić information content (AvgIpc) is 2.49. The zero-order valence-electron chi connectivity index (χ0n) is 10.3. The summed E-state index contributed by atoms with van der Waals surface area (Å²) in [7, 11) is 1.97. The van der Waals surface area contributed by atoms with Gasteiger partial charge in [0.1, 0.15) is 5.76 Å². The van der Waals surface area contributed by atoms with Crippen LogP contribution in [0, 0.1) is 5.41 Å². The molecule has 0 bridgehead atoms. The van der Waals surface area contributed by atoms with Crippen molar-refractivity contribution in [3.8, 4) is 0 Å². The molecular weight excluding hydrogens is 226 g/mol. The van der Waals surface area contributed by atoms with Gasteiger partial charge in [-0.2, -0.15) is 0 Å². The van der Waals surface area contributed by atoms with Gasteiger partial charge in [-0.1, -0.05) is 20.8 Å². The van der Waals surface area contributed by atoms with Gasteiger partial charge in [0.15, 0.2) is 5.22 Å². The van der Waals surface area contributed by atoms with Crippen LogP contribution < -0.4 is 0 Å². The van der Waals surface area contributed by atoms with Crippen molar-refractivity contribution in [2.45, 2.75) is 33.4 Å². The molecule has 0 amide bonds. The molecule has 1 aromatic rings. The third kappa shape index (κ3) is 3.51. The molecule has 1 aromatic heterocycles. The lowest BCUT2D eigenvalue weighted by Crippen LogP contribution is -2.43. The summed E-state index contributed by atoms with van der Waals surface area (Å²) in [5.41, 5.74) is 0.0277. The number of aliphatic hydroxyl groups is 1. The van der Waals surface area contributed by atoms with E-state index in [1.54, 1.807) is 6.07 Å². The van der Waals surface area contributed by atoms with Crippen LogP contribution in [0.5, 0.6) is 0 Å². The summed E-state index contributed by atoms with van der Waals surface area (Å²) in [5, 5.41) is 9.82. The van der Waals surface area contributed by atoms with Crippen LogP contribution in [0.1, 0.15) is 26.5 Å². The summed E-state index contributed by atoms with van der Waals surface area (Å²) in [6.45, 7) is 7.11. The lowest BCUT2D eigenvalue weighted by molar-refractivity contribution is 0.0573. The molecule has 0 fully saturated rings. The number of likely N-dealkylation sites (N-methyl/N-ethyl adjacent to an activating group) is 1. The maximum absolute atomic E-state index is 9.42. The fraction of sp³-hybridized carbons (Fsp3) is 0.667. The van der Waals surface area contributed by atoms with Gasteiger partial charge in [0, 0.05) is 6.04 Å². The Morgan fingerprint density at radius 3 is 2.44 bits per heavy atom. The van der Waals surface area contributed by atoms with Crippen molar-refractivity contribution >= 4 is 11.6 Å². The quantitative estimate of drug-likeness (QED) is 0.886. The molecule has 1 heterocycles. The number of aliphatic hydroxyl groups excluding tert-OH is 1. The summed E-state index contributed by atoms with van der Waals surface area (Å²) in [4.78, 5) is 2.08. The zero-order chi connectivity index (χ0) is 12.3. The van der Waals surface area contributed by atoms with Gasteiger partial charge in [-0.25, -0.2) is 0 Å². The predicted octanol–water partition coefficient (Wildman–Crippen LogP) is 2.77. The molecule has 3 nitrogen and oxygen atoms in total. The van der Waals surface area contributed by atoms with E-state index in [4.69, 9.17) is 16.0 Å². The highest BCUT2D eigenvalue weighted by molar-refractivity contribution is 6.28. The molecule has 1 rings (SSSR count). The Bertz CT molecular complexity index is 330. The van der Waals surface area contributed by atoms with E-state index in [0.29, 0.717) is 11.8 Å². The van der Waals surface area contributed by atoms with Crippen LogP contribution in [0.15, 0.2) is 16.5 Å². The van der Waals surface area contributed by atoms with Crippen LogP contribution in [-0.2, 0) is 6.54 Å². The van der Waals surface area contributed by atoms with E-state index in [-0.39, 0.29) is 18.1 Å². The average molecular weight is 246 g/mol. The molecule has 1 N–H and O–H groups in total. The van der Waals surface area contributed by atoms with Crippen LogP contribution in [0.2, 0.25) is 5.22 Å². The second-order valence-electron chi connectivity index (χ2n) is 5.19. The number of hydrogen-bond acceptors (Lipinski definition) is 3. The Morgan fingerprint density at radius 1 is 1.44 bits per heavy atom. The molecule has 1 unspecified atom stereocenters. The molecule has 0 radical (unpaired) electrons. The Balaban J connectivity index is 2.66. The van der Waals surface area contributed by atoms with E-state index >= 15 is 0 Å². The monoisotopic (exact) mass is 245 g/mol. The number of furan rings is 1. The van der Waals surface area contributed by atoms with Gasteiger partial charge in [-0.15, -0.1) is 0 Å². The van der Waals surface area contributed by atoms with Crippen molar-refractivity contribution in [1.82, 2.24) is 4.90 Å². The Hall–Kier alpha value is -0.510. The van der Waals surface area contributed by atoms with Crippen LogP contribution in [0.25, 0.3) is 0 Å². The van der Waals surface area contributed by atoms with Gasteiger partial charge >= 0.3 is 0 Å². The summed E-state index contributed by atoms with van der Waals surface area (Å²) >= 11 is 5.71. The highest BCUT2D eigenvalue weighted by Crippen LogP contribution is 2.25. The van der Waals surface area contributed by atoms with Crippen molar-refractivity contribution in [3.63, 3.8) is 0 Å². The number of nitrogens with zero attached hydrogens (tertiary/aromatic N) is 1.